The van der Waals surface area contributed by atoms with Crippen LogP contribution in [0.1, 0.15) is 38.2 Å². The summed E-state index contributed by atoms with van der Waals surface area (Å²) >= 11 is 0. The molecule has 0 spiro atoms. The normalized spacial score (nSPS) is 19.7. The lowest BCUT2D eigenvalue weighted by molar-refractivity contribution is 0.676. The Labute approximate surface area is 173 Å². The second-order valence-electron chi connectivity index (χ2n) is 8.45. The van der Waals surface area contributed by atoms with E-state index in [4.69, 9.17) is 15.0 Å². The van der Waals surface area contributed by atoms with Crippen LogP contribution < -0.4 is 20.0 Å². The third kappa shape index (κ3) is 3.82. The van der Waals surface area contributed by atoms with Gasteiger partial charge in [0.1, 0.15) is 0 Å². The Morgan fingerprint density at radius 1 is 0.862 bits per heavy atom. The fourth-order valence-electron chi connectivity index (χ4n) is 4.72. The molecule has 1 N–H and O–H groups in total. The standard InChI is InChI=1S/C22H31N7/c1-17(29-15-10-18-8-2-3-9-19(18)29)16-23-20-24-21(27-11-4-5-12-27)26-22(25-20)28-13-6-7-14-28/h2-3,8-9,17H,4-7,10-16H2,1H3,(H,23,24,25,26). The van der Waals surface area contributed by atoms with Gasteiger partial charge in [-0.1, -0.05) is 18.2 Å². The Morgan fingerprint density at radius 2 is 1.48 bits per heavy atom. The first kappa shape index (κ1) is 18.5. The summed E-state index contributed by atoms with van der Waals surface area (Å²) in [5.41, 5.74) is 2.82. The quantitative estimate of drug-likeness (QED) is 0.810. The van der Waals surface area contributed by atoms with Crippen LogP contribution in [0.5, 0.6) is 0 Å². The van der Waals surface area contributed by atoms with Gasteiger partial charge in [-0.2, -0.15) is 15.0 Å². The molecule has 3 aliphatic heterocycles. The first-order chi connectivity index (χ1) is 14.3. The van der Waals surface area contributed by atoms with Gasteiger partial charge < -0.3 is 20.0 Å². The summed E-state index contributed by atoms with van der Waals surface area (Å²) in [6.07, 6.45) is 6.01. The number of nitrogens with one attached hydrogen (secondary N) is 1. The van der Waals surface area contributed by atoms with Crippen LogP contribution in [0, 0.1) is 0 Å². The summed E-state index contributed by atoms with van der Waals surface area (Å²) in [7, 11) is 0. The fraction of sp³-hybridized carbons (Fsp3) is 0.591. The molecule has 4 heterocycles. The van der Waals surface area contributed by atoms with Crippen LogP contribution in [0.4, 0.5) is 23.5 Å². The Hall–Kier alpha value is -2.57. The zero-order valence-electron chi connectivity index (χ0n) is 17.3. The highest BCUT2D eigenvalue weighted by Crippen LogP contribution is 2.29. The maximum atomic E-state index is 4.81. The zero-order valence-corrected chi connectivity index (χ0v) is 17.3. The lowest BCUT2D eigenvalue weighted by Gasteiger charge is -2.28. The molecule has 0 amide bonds. The Bertz CT molecular complexity index is 809. The van der Waals surface area contributed by atoms with Crippen molar-refractivity contribution < 1.29 is 0 Å². The topological polar surface area (TPSA) is 60.4 Å². The first-order valence-electron chi connectivity index (χ1n) is 11.1. The van der Waals surface area contributed by atoms with Gasteiger partial charge in [-0.3, -0.25) is 0 Å². The summed E-state index contributed by atoms with van der Waals surface area (Å²) in [6, 6.07) is 9.12. The molecule has 0 aliphatic carbocycles. The van der Waals surface area contributed by atoms with Crippen LogP contribution in [-0.2, 0) is 6.42 Å². The maximum Gasteiger partial charge on any atom is 0.231 e. The van der Waals surface area contributed by atoms with Crippen molar-refractivity contribution in [3.8, 4) is 0 Å². The largest absolute Gasteiger partial charge is 0.366 e. The van der Waals surface area contributed by atoms with Gasteiger partial charge >= 0.3 is 0 Å². The van der Waals surface area contributed by atoms with Crippen molar-refractivity contribution in [2.75, 3.05) is 59.3 Å². The summed E-state index contributed by atoms with van der Waals surface area (Å²) < 4.78 is 0. The molecule has 2 fully saturated rings. The highest BCUT2D eigenvalue weighted by molar-refractivity contribution is 5.58. The van der Waals surface area contributed by atoms with Crippen molar-refractivity contribution in [2.45, 2.75) is 45.1 Å². The number of benzene rings is 1. The SMILES string of the molecule is CC(CNc1nc(N2CCCC2)nc(N2CCCC2)n1)N1CCc2ccccc21. The van der Waals surface area contributed by atoms with Gasteiger partial charge in [0.15, 0.2) is 0 Å². The van der Waals surface area contributed by atoms with Crippen molar-refractivity contribution >= 4 is 23.5 Å². The van der Waals surface area contributed by atoms with Crippen molar-refractivity contribution in [3.05, 3.63) is 29.8 Å². The van der Waals surface area contributed by atoms with Crippen LogP contribution in [0.15, 0.2) is 24.3 Å². The summed E-state index contributed by atoms with van der Waals surface area (Å²) in [4.78, 5) is 21.5. The van der Waals surface area contributed by atoms with E-state index in [9.17, 15) is 0 Å². The van der Waals surface area contributed by atoms with Gasteiger partial charge in [0, 0.05) is 51.0 Å². The molecule has 1 atom stereocenters. The highest BCUT2D eigenvalue weighted by Gasteiger charge is 2.24. The van der Waals surface area contributed by atoms with Gasteiger partial charge in [0.25, 0.3) is 0 Å². The van der Waals surface area contributed by atoms with E-state index in [1.165, 1.54) is 36.9 Å². The predicted octanol–water partition coefficient (Wildman–Crippen LogP) is 2.94. The lowest BCUT2D eigenvalue weighted by atomic mass is 10.2. The summed E-state index contributed by atoms with van der Waals surface area (Å²) in [6.45, 7) is 8.36. The van der Waals surface area contributed by atoms with Crippen molar-refractivity contribution in [1.29, 1.82) is 0 Å². The summed E-state index contributed by atoms with van der Waals surface area (Å²) in [5, 5.41) is 3.52. The molecule has 5 rings (SSSR count). The van der Waals surface area contributed by atoms with Crippen LogP contribution in [-0.4, -0.2) is 60.3 Å². The second-order valence-corrected chi connectivity index (χ2v) is 8.45. The van der Waals surface area contributed by atoms with E-state index in [2.05, 4.69) is 51.2 Å². The molecule has 1 aromatic carbocycles. The van der Waals surface area contributed by atoms with Gasteiger partial charge in [0.05, 0.1) is 0 Å². The Morgan fingerprint density at radius 3 is 2.14 bits per heavy atom. The van der Waals surface area contributed by atoms with E-state index in [0.29, 0.717) is 12.0 Å². The molecule has 7 heteroatoms. The van der Waals surface area contributed by atoms with Crippen molar-refractivity contribution in [2.24, 2.45) is 0 Å². The fourth-order valence-corrected chi connectivity index (χ4v) is 4.72. The number of nitrogens with zero attached hydrogens (tertiary/aromatic N) is 6. The third-order valence-electron chi connectivity index (χ3n) is 6.40. The average molecular weight is 394 g/mol. The van der Waals surface area contributed by atoms with Gasteiger partial charge in [0.2, 0.25) is 17.8 Å². The number of anilines is 4. The molecule has 1 unspecified atom stereocenters. The van der Waals surface area contributed by atoms with Crippen LogP contribution >= 0.6 is 0 Å². The second kappa shape index (κ2) is 8.05. The molecular weight excluding hydrogens is 362 g/mol. The average Bonchev–Trinajstić information content (AvgIpc) is 3.53. The number of para-hydroxylation sites is 1. The monoisotopic (exact) mass is 393 g/mol. The van der Waals surface area contributed by atoms with Crippen LogP contribution in [0.3, 0.4) is 0 Å². The van der Waals surface area contributed by atoms with Crippen LogP contribution in [0.25, 0.3) is 0 Å². The molecule has 29 heavy (non-hydrogen) atoms. The zero-order chi connectivity index (χ0) is 19.6. The third-order valence-corrected chi connectivity index (χ3v) is 6.40. The molecular formula is C22H31N7. The predicted molar refractivity (Wildman–Crippen MR) is 118 cm³/mol. The molecule has 0 saturated carbocycles. The van der Waals surface area contributed by atoms with E-state index >= 15 is 0 Å². The molecule has 2 saturated heterocycles. The van der Waals surface area contributed by atoms with E-state index in [1.54, 1.807) is 0 Å². The van der Waals surface area contributed by atoms with Crippen LogP contribution in [0.2, 0.25) is 0 Å². The molecule has 2 aromatic rings. The lowest BCUT2D eigenvalue weighted by Crippen LogP contribution is -2.37. The van der Waals surface area contributed by atoms with Crippen molar-refractivity contribution in [3.63, 3.8) is 0 Å². The van der Waals surface area contributed by atoms with E-state index in [-0.39, 0.29) is 0 Å². The molecule has 1 aromatic heterocycles. The molecule has 0 bridgehead atoms. The number of aromatic nitrogens is 3. The smallest absolute Gasteiger partial charge is 0.231 e. The van der Waals surface area contributed by atoms with Crippen molar-refractivity contribution in [1.82, 2.24) is 15.0 Å². The first-order valence-corrected chi connectivity index (χ1v) is 11.1. The van der Waals surface area contributed by atoms with E-state index in [0.717, 1.165) is 57.6 Å². The van der Waals surface area contributed by atoms with Gasteiger partial charge in [-0.05, 0) is 50.7 Å². The Balaban J connectivity index is 1.32. The molecule has 0 radical (unpaired) electrons. The van der Waals surface area contributed by atoms with Gasteiger partial charge in [-0.25, -0.2) is 0 Å². The number of fused-ring (bicyclic) bond motifs is 1. The molecule has 7 nitrogen and oxygen atoms in total. The minimum absolute atomic E-state index is 0.376. The highest BCUT2D eigenvalue weighted by atomic mass is 15.4. The van der Waals surface area contributed by atoms with Gasteiger partial charge in [-0.15, -0.1) is 0 Å². The van der Waals surface area contributed by atoms with E-state index < -0.39 is 0 Å². The molecule has 154 valence electrons. The minimum atomic E-state index is 0.376. The summed E-state index contributed by atoms with van der Waals surface area (Å²) in [5.74, 6) is 2.38. The minimum Gasteiger partial charge on any atom is -0.366 e. The van der Waals surface area contributed by atoms with E-state index in [1.807, 2.05) is 0 Å². The molecule has 3 aliphatic rings. The Kier molecular flexibility index (Phi) is 5.12. The number of hydrogen-bond acceptors (Lipinski definition) is 7. The maximum absolute atomic E-state index is 4.81. The number of rotatable bonds is 6. The number of hydrogen-bond donors (Lipinski definition) is 1.